The van der Waals surface area contributed by atoms with Crippen LogP contribution in [0.25, 0.3) is 0 Å². The standard InChI is InChI=1S/C14H14BrN3O3/c1-3-21-14(20)9-4-5-11(10(15)8-9)16-13(19)12-6-7-18(2)17-12/h4-8H,3H2,1-2H3,(H,16,19). The van der Waals surface area contributed by atoms with E-state index in [9.17, 15) is 9.59 Å². The lowest BCUT2D eigenvalue weighted by Gasteiger charge is -2.08. The molecule has 0 spiro atoms. The van der Waals surface area contributed by atoms with E-state index in [-0.39, 0.29) is 5.91 Å². The zero-order valence-corrected chi connectivity index (χ0v) is 13.2. The van der Waals surface area contributed by atoms with Crippen LogP contribution in [0.1, 0.15) is 27.8 Å². The molecule has 0 radical (unpaired) electrons. The summed E-state index contributed by atoms with van der Waals surface area (Å²) in [5.41, 5.74) is 1.29. The zero-order chi connectivity index (χ0) is 15.4. The van der Waals surface area contributed by atoms with Gasteiger partial charge in [-0.25, -0.2) is 4.79 Å². The summed E-state index contributed by atoms with van der Waals surface area (Å²) in [5, 5.41) is 6.75. The summed E-state index contributed by atoms with van der Waals surface area (Å²) in [6.07, 6.45) is 1.69. The average molecular weight is 352 g/mol. The second-order valence-electron chi connectivity index (χ2n) is 4.24. The predicted octanol–water partition coefficient (Wildman–Crippen LogP) is 2.61. The van der Waals surface area contributed by atoms with Crippen LogP contribution >= 0.6 is 15.9 Å². The van der Waals surface area contributed by atoms with Gasteiger partial charge in [0.2, 0.25) is 0 Å². The lowest BCUT2D eigenvalue weighted by molar-refractivity contribution is 0.0526. The first kappa shape index (κ1) is 15.2. The van der Waals surface area contributed by atoms with Crippen LogP contribution in [0.2, 0.25) is 0 Å². The number of carbonyl (C=O) groups excluding carboxylic acids is 2. The van der Waals surface area contributed by atoms with Gasteiger partial charge in [-0.15, -0.1) is 0 Å². The molecule has 7 heteroatoms. The summed E-state index contributed by atoms with van der Waals surface area (Å²) < 4.78 is 7.06. The maximum atomic E-state index is 12.0. The molecule has 0 bridgehead atoms. The number of anilines is 1. The fourth-order valence-corrected chi connectivity index (χ4v) is 2.16. The smallest absolute Gasteiger partial charge is 0.338 e. The third kappa shape index (κ3) is 3.69. The summed E-state index contributed by atoms with van der Waals surface area (Å²) >= 11 is 3.32. The van der Waals surface area contributed by atoms with Crippen molar-refractivity contribution >= 4 is 33.5 Å². The van der Waals surface area contributed by atoms with E-state index < -0.39 is 5.97 Å². The maximum absolute atomic E-state index is 12.0. The Morgan fingerprint density at radius 3 is 2.71 bits per heavy atom. The van der Waals surface area contributed by atoms with Gasteiger partial charge in [0.1, 0.15) is 0 Å². The molecule has 1 aromatic carbocycles. The number of ether oxygens (including phenoxy) is 1. The van der Waals surface area contributed by atoms with Gasteiger partial charge in [-0.2, -0.15) is 5.10 Å². The number of rotatable bonds is 4. The topological polar surface area (TPSA) is 73.2 Å². The summed E-state index contributed by atoms with van der Waals surface area (Å²) in [5.74, 6) is -0.721. The number of nitrogens with zero attached hydrogens (tertiary/aromatic N) is 2. The number of aromatic nitrogens is 2. The molecule has 1 amide bonds. The van der Waals surface area contributed by atoms with E-state index in [4.69, 9.17) is 4.74 Å². The molecule has 0 saturated carbocycles. The fourth-order valence-electron chi connectivity index (χ4n) is 1.68. The Balaban J connectivity index is 2.14. The summed E-state index contributed by atoms with van der Waals surface area (Å²) in [7, 11) is 1.74. The van der Waals surface area contributed by atoms with E-state index in [2.05, 4.69) is 26.3 Å². The zero-order valence-electron chi connectivity index (χ0n) is 11.6. The van der Waals surface area contributed by atoms with Crippen molar-refractivity contribution in [3.8, 4) is 0 Å². The number of hydrogen-bond acceptors (Lipinski definition) is 4. The van der Waals surface area contributed by atoms with Crippen molar-refractivity contribution in [1.29, 1.82) is 0 Å². The highest BCUT2D eigenvalue weighted by Crippen LogP contribution is 2.24. The molecule has 6 nitrogen and oxygen atoms in total. The normalized spacial score (nSPS) is 10.2. The van der Waals surface area contributed by atoms with E-state index in [0.29, 0.717) is 28.0 Å². The van der Waals surface area contributed by atoms with Gasteiger partial charge in [0.15, 0.2) is 5.69 Å². The highest BCUT2D eigenvalue weighted by atomic mass is 79.9. The average Bonchev–Trinajstić information content (AvgIpc) is 2.88. The van der Waals surface area contributed by atoms with Crippen LogP contribution in [0.5, 0.6) is 0 Å². The number of esters is 1. The van der Waals surface area contributed by atoms with Crippen LogP contribution in [0.3, 0.4) is 0 Å². The van der Waals surface area contributed by atoms with Gasteiger partial charge in [0, 0.05) is 17.7 Å². The van der Waals surface area contributed by atoms with E-state index >= 15 is 0 Å². The van der Waals surface area contributed by atoms with Crippen molar-refractivity contribution in [2.45, 2.75) is 6.92 Å². The molecular formula is C14H14BrN3O3. The van der Waals surface area contributed by atoms with Crippen LogP contribution in [0.4, 0.5) is 5.69 Å². The van der Waals surface area contributed by atoms with Gasteiger partial charge in [0.05, 0.1) is 17.9 Å². The molecular weight excluding hydrogens is 338 g/mol. The molecule has 1 aromatic heterocycles. The Kier molecular flexibility index (Phi) is 4.74. The molecule has 1 N–H and O–H groups in total. The Morgan fingerprint density at radius 2 is 2.14 bits per heavy atom. The van der Waals surface area contributed by atoms with Crippen LogP contribution in [-0.2, 0) is 11.8 Å². The first-order chi connectivity index (χ1) is 10.0. The van der Waals surface area contributed by atoms with Crippen molar-refractivity contribution in [1.82, 2.24) is 9.78 Å². The molecule has 110 valence electrons. The second kappa shape index (κ2) is 6.53. The number of halogens is 1. The quantitative estimate of drug-likeness (QED) is 0.859. The minimum atomic E-state index is -0.402. The maximum Gasteiger partial charge on any atom is 0.338 e. The van der Waals surface area contributed by atoms with Gasteiger partial charge in [-0.05, 0) is 47.1 Å². The van der Waals surface area contributed by atoms with Crippen molar-refractivity contribution in [3.63, 3.8) is 0 Å². The Morgan fingerprint density at radius 1 is 1.38 bits per heavy atom. The van der Waals surface area contributed by atoms with E-state index in [1.54, 1.807) is 49.1 Å². The van der Waals surface area contributed by atoms with Gasteiger partial charge in [0.25, 0.3) is 5.91 Å². The number of amides is 1. The number of hydrogen-bond donors (Lipinski definition) is 1. The minimum Gasteiger partial charge on any atom is -0.462 e. The summed E-state index contributed by atoms with van der Waals surface area (Å²) in [4.78, 5) is 23.6. The van der Waals surface area contributed by atoms with Crippen molar-refractivity contribution in [2.75, 3.05) is 11.9 Å². The molecule has 1 heterocycles. The lowest BCUT2D eigenvalue weighted by Crippen LogP contribution is -2.14. The SMILES string of the molecule is CCOC(=O)c1ccc(NC(=O)c2ccn(C)n2)c(Br)c1. The Labute approximate surface area is 130 Å². The van der Waals surface area contributed by atoms with E-state index in [1.807, 2.05) is 0 Å². The second-order valence-corrected chi connectivity index (χ2v) is 5.10. The number of aryl methyl sites for hydroxylation is 1. The van der Waals surface area contributed by atoms with Gasteiger partial charge >= 0.3 is 5.97 Å². The minimum absolute atomic E-state index is 0.314. The van der Waals surface area contributed by atoms with Gasteiger partial charge in [-0.1, -0.05) is 0 Å². The molecule has 0 aliphatic carbocycles. The van der Waals surface area contributed by atoms with Crippen molar-refractivity contribution in [2.24, 2.45) is 7.05 Å². The molecule has 0 aliphatic rings. The number of benzene rings is 1. The monoisotopic (exact) mass is 351 g/mol. The molecule has 0 atom stereocenters. The van der Waals surface area contributed by atoms with Crippen LogP contribution in [0.15, 0.2) is 34.9 Å². The molecule has 0 aliphatic heterocycles. The van der Waals surface area contributed by atoms with Crippen LogP contribution < -0.4 is 5.32 Å². The summed E-state index contributed by atoms with van der Waals surface area (Å²) in [6, 6.07) is 6.45. The fraction of sp³-hybridized carbons (Fsp3) is 0.214. The lowest BCUT2D eigenvalue weighted by atomic mass is 10.2. The molecule has 21 heavy (non-hydrogen) atoms. The molecule has 0 unspecified atom stereocenters. The number of nitrogens with one attached hydrogen (secondary N) is 1. The third-order valence-corrected chi connectivity index (χ3v) is 3.33. The Hall–Kier alpha value is -2.15. The predicted molar refractivity (Wildman–Crippen MR) is 81.3 cm³/mol. The van der Waals surface area contributed by atoms with Crippen molar-refractivity contribution in [3.05, 3.63) is 46.2 Å². The first-order valence-corrected chi connectivity index (χ1v) is 7.08. The largest absolute Gasteiger partial charge is 0.462 e. The number of carbonyl (C=O) groups is 2. The van der Waals surface area contributed by atoms with E-state index in [0.717, 1.165) is 0 Å². The highest BCUT2D eigenvalue weighted by Gasteiger charge is 2.13. The highest BCUT2D eigenvalue weighted by molar-refractivity contribution is 9.10. The Bertz CT molecular complexity index is 682. The summed E-state index contributed by atoms with van der Waals surface area (Å²) in [6.45, 7) is 2.06. The van der Waals surface area contributed by atoms with Gasteiger partial charge in [-0.3, -0.25) is 9.48 Å². The molecule has 2 rings (SSSR count). The van der Waals surface area contributed by atoms with Crippen LogP contribution in [-0.4, -0.2) is 28.3 Å². The van der Waals surface area contributed by atoms with Crippen molar-refractivity contribution < 1.29 is 14.3 Å². The molecule has 0 fully saturated rings. The molecule has 2 aromatic rings. The van der Waals surface area contributed by atoms with Gasteiger partial charge < -0.3 is 10.1 Å². The van der Waals surface area contributed by atoms with Crippen LogP contribution in [0, 0.1) is 0 Å². The first-order valence-electron chi connectivity index (χ1n) is 6.29. The third-order valence-electron chi connectivity index (χ3n) is 2.67. The molecule has 0 saturated heterocycles. The van der Waals surface area contributed by atoms with E-state index in [1.165, 1.54) is 0 Å².